The molecular weight excluding hydrogens is 805 g/mol. The minimum atomic E-state index is -2.03. The molecule has 2 saturated heterocycles. The van der Waals surface area contributed by atoms with Gasteiger partial charge in [0.1, 0.15) is 11.0 Å². The number of anilines is 2. The van der Waals surface area contributed by atoms with Crippen LogP contribution in [0.3, 0.4) is 0 Å². The van der Waals surface area contributed by atoms with Gasteiger partial charge in [0.25, 0.3) is 0 Å². The van der Waals surface area contributed by atoms with Crippen LogP contribution < -0.4 is 20.7 Å². The normalized spacial score (nSPS) is 16.9. The van der Waals surface area contributed by atoms with Crippen molar-refractivity contribution in [2.45, 2.75) is 11.0 Å². The summed E-state index contributed by atoms with van der Waals surface area (Å²) >= 11 is 40.8. The van der Waals surface area contributed by atoms with Crippen molar-refractivity contribution in [1.29, 1.82) is 0 Å². The van der Waals surface area contributed by atoms with Crippen LogP contribution in [0.2, 0.25) is 0 Å². The summed E-state index contributed by atoms with van der Waals surface area (Å²) in [4.78, 5) is 16.5. The van der Waals surface area contributed by atoms with Crippen LogP contribution in [0.5, 0.6) is 0 Å². The third kappa shape index (κ3) is 11.7. The predicted molar refractivity (Wildman–Crippen MR) is 186 cm³/mol. The molecule has 2 fully saturated rings. The Labute approximate surface area is 297 Å². The number of thioether (sulfide) groups is 2. The van der Waals surface area contributed by atoms with E-state index in [1.807, 2.05) is 0 Å². The topological polar surface area (TPSA) is 123 Å². The maximum atomic E-state index is 8.50. The first-order chi connectivity index (χ1) is 19.6. The number of aromatic nitrogens is 4. The molecule has 41 heavy (non-hydrogen) atoms. The molecule has 4 heterocycles. The van der Waals surface area contributed by atoms with Crippen LogP contribution in [0, 0.1) is 0 Å². The zero-order valence-corrected chi connectivity index (χ0v) is 30.7. The van der Waals surface area contributed by atoms with Gasteiger partial charge in [-0.1, -0.05) is 24.4 Å². The average Bonchev–Trinajstić information content (AvgIpc) is 3.66. The van der Waals surface area contributed by atoms with Crippen molar-refractivity contribution in [3.63, 3.8) is 0 Å². The number of hydrogen-bond acceptors (Lipinski definition) is 16. The van der Waals surface area contributed by atoms with Gasteiger partial charge in [-0.25, -0.2) is 20.0 Å². The fourth-order valence-electron chi connectivity index (χ4n) is 3.10. The van der Waals surface area contributed by atoms with Crippen LogP contribution >= 0.6 is 97.7 Å². The van der Waals surface area contributed by atoms with Crippen LogP contribution in [-0.2, 0) is 50.5 Å². The van der Waals surface area contributed by atoms with E-state index in [0.717, 1.165) is 24.6 Å². The van der Waals surface area contributed by atoms with Gasteiger partial charge in [-0.05, 0) is 8.64 Å². The molecule has 2 unspecified atom stereocenters. The van der Waals surface area contributed by atoms with E-state index in [0.29, 0.717) is 20.3 Å². The fraction of sp³-hybridized carbons (Fsp3) is 0.333. The van der Waals surface area contributed by atoms with Gasteiger partial charge >= 0.3 is 25.3 Å². The summed E-state index contributed by atoms with van der Waals surface area (Å²) in [5, 5.41) is 13.2. The maximum absolute atomic E-state index is 8.50. The second kappa shape index (κ2) is 19.9. The van der Waals surface area contributed by atoms with Gasteiger partial charge in [-0.15, -0.1) is 48.8 Å². The van der Waals surface area contributed by atoms with E-state index in [1.54, 1.807) is 80.7 Å². The van der Waals surface area contributed by atoms with Crippen molar-refractivity contribution in [1.82, 2.24) is 40.6 Å². The number of nitrogens with zero attached hydrogens (tertiary/aromatic N) is 8. The molecule has 2 aliphatic rings. The Morgan fingerprint density at radius 1 is 0.805 bits per heavy atom. The SMILES string of the molecule is S=C(S)N(c1cnccn1)N(C(=S)[S-])C1NCCS1.S=C(S)N(c1cnccn1)N(C(=S)[S-])C1NCCS1.[O]=[Mo+2]=[O]. The molecule has 2 N–H and O–H groups in total. The van der Waals surface area contributed by atoms with Crippen molar-refractivity contribution in [3.05, 3.63) is 37.2 Å². The van der Waals surface area contributed by atoms with Gasteiger partial charge < -0.3 is 49.7 Å². The Kier molecular flexibility index (Phi) is 18.0. The molecule has 2 aromatic heterocycles. The Morgan fingerprint density at radius 2 is 1.17 bits per heavy atom. The Hall–Kier alpha value is -0.232. The van der Waals surface area contributed by atoms with E-state index in [1.165, 1.54) is 0 Å². The first-order valence-electron chi connectivity index (χ1n) is 10.8. The molecule has 0 spiro atoms. The molecular formula is C18H20MoN10O2S10. The summed E-state index contributed by atoms with van der Waals surface area (Å²) < 4.78 is 18.2. The van der Waals surface area contributed by atoms with Crippen LogP contribution in [0.1, 0.15) is 0 Å². The van der Waals surface area contributed by atoms with Crippen molar-refractivity contribution >= 4 is 152 Å². The first kappa shape index (κ1) is 37.0. The van der Waals surface area contributed by atoms with E-state index in [2.05, 4.69) is 55.8 Å². The molecule has 2 aliphatic heterocycles. The number of nitrogens with one attached hydrogen (secondary N) is 2. The first-order valence-corrected chi connectivity index (χ1v) is 17.9. The molecule has 0 amide bonds. The number of thiol groups is 2. The summed E-state index contributed by atoms with van der Waals surface area (Å²) in [6, 6.07) is 0. The Bertz CT molecular complexity index is 1120. The summed E-state index contributed by atoms with van der Waals surface area (Å²) in [7, 11) is 0. The molecule has 220 valence electrons. The molecule has 2 atom stereocenters. The molecule has 2 aromatic rings. The minimum absolute atomic E-state index is 0.0721. The van der Waals surface area contributed by atoms with E-state index < -0.39 is 18.5 Å². The van der Waals surface area contributed by atoms with Gasteiger partial charge in [0.15, 0.2) is 20.3 Å². The quantitative estimate of drug-likeness (QED) is 0.118. The number of rotatable bonds is 4. The molecule has 0 aliphatic carbocycles. The third-order valence-electron chi connectivity index (χ3n) is 4.54. The molecule has 4 rings (SSSR count). The zero-order valence-electron chi connectivity index (χ0n) is 20.4. The van der Waals surface area contributed by atoms with Crippen LogP contribution in [-0.4, -0.2) is 82.8 Å². The number of thiocarbonyl (C=S) groups is 4. The van der Waals surface area contributed by atoms with Crippen molar-refractivity contribution < 1.29 is 25.3 Å². The van der Waals surface area contributed by atoms with Crippen LogP contribution in [0.4, 0.5) is 11.6 Å². The third-order valence-corrected chi connectivity index (χ3v) is 8.26. The summed E-state index contributed by atoms with van der Waals surface area (Å²) in [5.41, 5.74) is -0.144. The molecule has 0 bridgehead atoms. The van der Waals surface area contributed by atoms with Crippen LogP contribution in [0.15, 0.2) is 37.2 Å². The van der Waals surface area contributed by atoms with Crippen LogP contribution in [0.25, 0.3) is 0 Å². The van der Waals surface area contributed by atoms with Gasteiger partial charge in [0.2, 0.25) is 0 Å². The average molecular weight is 825 g/mol. The Morgan fingerprint density at radius 3 is 1.39 bits per heavy atom. The second-order valence-corrected chi connectivity index (χ2v) is 14.0. The monoisotopic (exact) mass is 826 g/mol. The van der Waals surface area contributed by atoms with Crippen molar-refractivity contribution in [2.75, 3.05) is 34.6 Å². The second-order valence-electron chi connectivity index (χ2n) is 6.96. The molecule has 23 heteroatoms. The van der Waals surface area contributed by atoms with E-state index >= 15 is 0 Å². The number of hydrazine groups is 2. The molecule has 12 nitrogen and oxygen atoms in total. The molecule has 0 radical (unpaired) electrons. The van der Waals surface area contributed by atoms with Gasteiger partial charge in [0, 0.05) is 49.4 Å². The Balaban J connectivity index is 0.000000262. The van der Waals surface area contributed by atoms with Crippen molar-refractivity contribution in [3.8, 4) is 0 Å². The molecule has 0 aromatic carbocycles. The number of hydrogen-bond donors (Lipinski definition) is 4. The van der Waals surface area contributed by atoms with Gasteiger partial charge in [-0.2, -0.15) is 0 Å². The summed E-state index contributed by atoms with van der Waals surface area (Å²) in [6.45, 7) is 1.77. The predicted octanol–water partition coefficient (Wildman–Crippen LogP) is 2.09. The van der Waals surface area contributed by atoms with E-state index in [9.17, 15) is 0 Å². The van der Waals surface area contributed by atoms with E-state index in [4.69, 9.17) is 80.9 Å². The summed E-state index contributed by atoms with van der Waals surface area (Å²) in [5.74, 6) is 3.02. The van der Waals surface area contributed by atoms with Crippen molar-refractivity contribution in [2.24, 2.45) is 0 Å². The summed E-state index contributed by atoms with van der Waals surface area (Å²) in [6.07, 6.45) is 9.50. The zero-order chi connectivity index (χ0) is 30.4. The molecule has 0 saturated carbocycles. The van der Waals surface area contributed by atoms with Gasteiger partial charge in [-0.3, -0.25) is 30.6 Å². The van der Waals surface area contributed by atoms with E-state index in [-0.39, 0.29) is 19.6 Å². The fourth-order valence-corrected chi connectivity index (χ4v) is 6.95. The standard InChI is InChI=1S/2C9H11N5S5.Mo.2O/c2*15-8(16)13(6-5-10-1-2-11-6)14(9(17)18)7-12-3-4-19-7;;;/h2*1-2,5,7,12H,3-4H2,(H,15,16)(H,17,18);;;/q;;+2;;/p-2. The van der Waals surface area contributed by atoms with Gasteiger partial charge in [0.05, 0.1) is 12.4 Å².